The molecule has 2 aromatic rings. The van der Waals surface area contributed by atoms with Crippen LogP contribution in [-0.2, 0) is 4.79 Å². The minimum Gasteiger partial charge on any atom is -0.325 e. The zero-order valence-electron chi connectivity index (χ0n) is 11.1. The molecule has 0 fully saturated rings. The number of hydrogen-bond donors (Lipinski definition) is 1. The van der Waals surface area contributed by atoms with Crippen LogP contribution < -0.4 is 5.32 Å². The van der Waals surface area contributed by atoms with Crippen LogP contribution in [0.25, 0.3) is 0 Å². The number of carbonyl (C=O) groups excluding carboxylic acids is 1. The van der Waals surface area contributed by atoms with Crippen LogP contribution in [0.5, 0.6) is 0 Å². The molecule has 0 bridgehead atoms. The lowest BCUT2D eigenvalue weighted by Gasteiger charge is -2.09. The highest BCUT2D eigenvalue weighted by Crippen LogP contribution is 2.30. The van der Waals surface area contributed by atoms with E-state index in [0.29, 0.717) is 20.8 Å². The standard InChI is InChI=1S/C15H12Cl3NOS/c1-9-2-3-10(16)6-13(9)19-15(20)8-21-14-7-11(17)4-5-12(14)18/h2-7H,8H2,1H3,(H,19,20). The smallest absolute Gasteiger partial charge is 0.234 e. The van der Waals surface area contributed by atoms with Crippen molar-refractivity contribution in [1.82, 2.24) is 0 Å². The third kappa shape index (κ3) is 4.82. The predicted octanol–water partition coefficient (Wildman–Crippen LogP) is 5.69. The molecule has 0 spiro atoms. The molecule has 2 nitrogen and oxygen atoms in total. The van der Waals surface area contributed by atoms with Crippen molar-refractivity contribution in [2.75, 3.05) is 11.1 Å². The summed E-state index contributed by atoms with van der Waals surface area (Å²) in [6, 6.07) is 10.5. The molecule has 6 heteroatoms. The van der Waals surface area contributed by atoms with Crippen molar-refractivity contribution < 1.29 is 4.79 Å². The second-order valence-electron chi connectivity index (χ2n) is 4.37. The van der Waals surface area contributed by atoms with Gasteiger partial charge < -0.3 is 5.32 Å². The zero-order valence-corrected chi connectivity index (χ0v) is 14.2. The van der Waals surface area contributed by atoms with Crippen LogP contribution in [0.2, 0.25) is 15.1 Å². The Labute approximate surface area is 142 Å². The van der Waals surface area contributed by atoms with Gasteiger partial charge in [0, 0.05) is 20.6 Å². The molecule has 0 saturated heterocycles. The van der Waals surface area contributed by atoms with Gasteiger partial charge in [-0.25, -0.2) is 0 Å². The van der Waals surface area contributed by atoms with Crippen molar-refractivity contribution in [2.45, 2.75) is 11.8 Å². The van der Waals surface area contributed by atoms with Gasteiger partial charge in [-0.2, -0.15) is 0 Å². The number of halogens is 3. The van der Waals surface area contributed by atoms with Crippen LogP contribution >= 0.6 is 46.6 Å². The Bertz CT molecular complexity index is 676. The molecule has 0 atom stereocenters. The molecule has 0 aliphatic carbocycles. The maximum absolute atomic E-state index is 12.0. The summed E-state index contributed by atoms with van der Waals surface area (Å²) in [7, 11) is 0. The van der Waals surface area contributed by atoms with Crippen LogP contribution in [0.4, 0.5) is 5.69 Å². The molecule has 0 aromatic heterocycles. The molecule has 0 aliphatic heterocycles. The van der Waals surface area contributed by atoms with E-state index < -0.39 is 0 Å². The summed E-state index contributed by atoms with van der Waals surface area (Å²) in [6.07, 6.45) is 0. The molecular formula is C15H12Cl3NOS. The van der Waals surface area contributed by atoms with E-state index in [0.717, 1.165) is 10.5 Å². The van der Waals surface area contributed by atoms with Crippen molar-refractivity contribution in [3.05, 3.63) is 57.0 Å². The average Bonchev–Trinajstić information content (AvgIpc) is 2.44. The quantitative estimate of drug-likeness (QED) is 0.710. The van der Waals surface area contributed by atoms with Gasteiger partial charge in [0.05, 0.1) is 10.8 Å². The lowest BCUT2D eigenvalue weighted by atomic mass is 10.2. The van der Waals surface area contributed by atoms with Gasteiger partial charge in [0.25, 0.3) is 0 Å². The number of benzene rings is 2. The van der Waals surface area contributed by atoms with Crippen LogP contribution in [0.15, 0.2) is 41.3 Å². The Morgan fingerprint density at radius 1 is 1.10 bits per heavy atom. The Hall–Kier alpha value is -0.870. The van der Waals surface area contributed by atoms with Crippen molar-refractivity contribution in [3.63, 3.8) is 0 Å². The predicted molar refractivity (Wildman–Crippen MR) is 92.0 cm³/mol. The fourth-order valence-electron chi connectivity index (χ4n) is 1.65. The number of anilines is 1. The highest BCUT2D eigenvalue weighted by atomic mass is 35.5. The zero-order chi connectivity index (χ0) is 15.4. The fraction of sp³-hybridized carbons (Fsp3) is 0.133. The maximum atomic E-state index is 12.0. The number of aryl methyl sites for hydroxylation is 1. The first kappa shape index (κ1) is 16.5. The van der Waals surface area contributed by atoms with E-state index in [1.165, 1.54) is 11.8 Å². The van der Waals surface area contributed by atoms with Gasteiger partial charge >= 0.3 is 0 Å². The lowest BCUT2D eigenvalue weighted by Crippen LogP contribution is -2.14. The molecule has 0 heterocycles. The largest absolute Gasteiger partial charge is 0.325 e. The molecule has 1 amide bonds. The number of rotatable bonds is 4. The molecule has 0 unspecified atom stereocenters. The Kier molecular flexibility index (Phi) is 5.82. The summed E-state index contributed by atoms with van der Waals surface area (Å²) in [6.45, 7) is 1.91. The van der Waals surface area contributed by atoms with E-state index >= 15 is 0 Å². The summed E-state index contributed by atoms with van der Waals surface area (Å²) in [5.41, 5.74) is 1.67. The molecular weight excluding hydrogens is 349 g/mol. The molecule has 2 rings (SSSR count). The second-order valence-corrected chi connectivity index (χ2v) is 6.67. The number of nitrogens with one attached hydrogen (secondary N) is 1. The van der Waals surface area contributed by atoms with E-state index in [-0.39, 0.29) is 11.7 Å². The normalized spacial score (nSPS) is 10.5. The minimum absolute atomic E-state index is 0.124. The third-order valence-corrected chi connectivity index (χ3v) is 4.69. The fourth-order valence-corrected chi connectivity index (χ4v) is 3.11. The average molecular weight is 361 g/mol. The molecule has 21 heavy (non-hydrogen) atoms. The summed E-state index contributed by atoms with van der Waals surface area (Å²) >= 11 is 19.2. The Morgan fingerprint density at radius 2 is 1.76 bits per heavy atom. The Morgan fingerprint density at radius 3 is 2.52 bits per heavy atom. The van der Waals surface area contributed by atoms with Crippen molar-refractivity contribution >= 4 is 58.2 Å². The first-order chi connectivity index (χ1) is 9.95. The summed E-state index contributed by atoms with van der Waals surface area (Å²) < 4.78 is 0. The number of amides is 1. The highest BCUT2D eigenvalue weighted by Gasteiger charge is 2.08. The van der Waals surface area contributed by atoms with Gasteiger partial charge in [0.2, 0.25) is 5.91 Å². The van der Waals surface area contributed by atoms with E-state index in [1.807, 2.05) is 13.0 Å². The van der Waals surface area contributed by atoms with Gasteiger partial charge in [-0.15, -0.1) is 11.8 Å². The second kappa shape index (κ2) is 7.41. The Balaban J connectivity index is 1.99. The lowest BCUT2D eigenvalue weighted by molar-refractivity contribution is -0.113. The summed E-state index contributed by atoms with van der Waals surface area (Å²) in [5.74, 6) is 0.118. The van der Waals surface area contributed by atoms with E-state index in [2.05, 4.69) is 5.32 Å². The summed E-state index contributed by atoms with van der Waals surface area (Å²) in [5, 5.41) is 4.59. The van der Waals surface area contributed by atoms with Crippen molar-refractivity contribution in [2.24, 2.45) is 0 Å². The molecule has 0 aliphatic rings. The van der Waals surface area contributed by atoms with E-state index in [4.69, 9.17) is 34.8 Å². The SMILES string of the molecule is Cc1ccc(Cl)cc1NC(=O)CSc1cc(Cl)ccc1Cl. The number of thioether (sulfide) groups is 1. The van der Waals surface area contributed by atoms with Gasteiger partial charge in [-0.05, 0) is 42.8 Å². The summed E-state index contributed by atoms with van der Waals surface area (Å²) in [4.78, 5) is 12.8. The monoisotopic (exact) mass is 359 g/mol. The molecule has 2 aromatic carbocycles. The minimum atomic E-state index is -0.124. The van der Waals surface area contributed by atoms with E-state index in [1.54, 1.807) is 30.3 Å². The van der Waals surface area contributed by atoms with Gasteiger partial charge in [-0.1, -0.05) is 40.9 Å². The van der Waals surface area contributed by atoms with Crippen LogP contribution in [0, 0.1) is 6.92 Å². The van der Waals surface area contributed by atoms with Crippen molar-refractivity contribution in [1.29, 1.82) is 0 Å². The van der Waals surface area contributed by atoms with Gasteiger partial charge in [0.1, 0.15) is 0 Å². The van der Waals surface area contributed by atoms with Gasteiger partial charge in [0.15, 0.2) is 0 Å². The van der Waals surface area contributed by atoms with Crippen LogP contribution in [0.3, 0.4) is 0 Å². The molecule has 0 radical (unpaired) electrons. The topological polar surface area (TPSA) is 29.1 Å². The first-order valence-electron chi connectivity index (χ1n) is 6.09. The molecule has 1 N–H and O–H groups in total. The highest BCUT2D eigenvalue weighted by molar-refractivity contribution is 8.00. The van der Waals surface area contributed by atoms with E-state index in [9.17, 15) is 4.79 Å². The number of hydrogen-bond acceptors (Lipinski definition) is 2. The van der Waals surface area contributed by atoms with Crippen LogP contribution in [0.1, 0.15) is 5.56 Å². The van der Waals surface area contributed by atoms with Crippen molar-refractivity contribution in [3.8, 4) is 0 Å². The van der Waals surface area contributed by atoms with Crippen LogP contribution in [-0.4, -0.2) is 11.7 Å². The van der Waals surface area contributed by atoms with Gasteiger partial charge in [-0.3, -0.25) is 4.79 Å². The number of carbonyl (C=O) groups is 1. The molecule has 110 valence electrons. The first-order valence-corrected chi connectivity index (χ1v) is 8.21. The third-order valence-electron chi connectivity index (χ3n) is 2.73. The molecule has 0 saturated carbocycles. The maximum Gasteiger partial charge on any atom is 0.234 e.